The Morgan fingerprint density at radius 1 is 1.06 bits per heavy atom. The molecule has 0 radical (unpaired) electrons. The van der Waals surface area contributed by atoms with Crippen molar-refractivity contribution in [3.63, 3.8) is 0 Å². The van der Waals surface area contributed by atoms with Crippen LogP contribution in [0.15, 0.2) is 54.6 Å². The third-order valence-electron chi connectivity index (χ3n) is 6.09. The van der Waals surface area contributed by atoms with Gasteiger partial charge in [-0.25, -0.2) is 4.79 Å². The van der Waals surface area contributed by atoms with Crippen LogP contribution in [-0.2, 0) is 17.6 Å². The molecule has 1 fully saturated rings. The first-order valence-electron chi connectivity index (χ1n) is 12.0. The second kappa shape index (κ2) is 11.2. The van der Waals surface area contributed by atoms with Crippen LogP contribution in [0.3, 0.4) is 0 Å². The minimum Gasteiger partial charge on any atom is -0.505 e. The lowest BCUT2D eigenvalue weighted by Crippen LogP contribution is -2.34. The first-order chi connectivity index (χ1) is 16.5. The summed E-state index contributed by atoms with van der Waals surface area (Å²) >= 11 is 0. The van der Waals surface area contributed by atoms with Crippen LogP contribution in [-0.4, -0.2) is 35.3 Å². The molecule has 0 saturated carbocycles. The fourth-order valence-electron chi connectivity index (χ4n) is 4.26. The predicted octanol–water partition coefficient (Wildman–Crippen LogP) is 5.34. The first-order valence-corrected chi connectivity index (χ1v) is 12.0. The highest BCUT2D eigenvalue weighted by Crippen LogP contribution is 2.31. The summed E-state index contributed by atoms with van der Waals surface area (Å²) in [5, 5.41) is 14.2. The van der Waals surface area contributed by atoms with Crippen molar-refractivity contribution in [3.05, 3.63) is 82.7 Å². The topological polar surface area (TPSA) is 80.7 Å². The smallest absolute Gasteiger partial charge is 0.342 e. The largest absolute Gasteiger partial charge is 0.505 e. The number of rotatable bonds is 8. The minimum absolute atomic E-state index is 0.0526. The molecule has 6 heteroatoms. The van der Waals surface area contributed by atoms with E-state index in [9.17, 15) is 9.90 Å². The lowest BCUT2D eigenvalue weighted by molar-refractivity contribution is 0.0225. The number of ether oxygens (including phenoxy) is 2. The van der Waals surface area contributed by atoms with Crippen molar-refractivity contribution in [1.82, 2.24) is 10.3 Å². The maximum absolute atomic E-state index is 13.1. The Morgan fingerprint density at radius 2 is 1.79 bits per heavy atom. The predicted molar refractivity (Wildman–Crippen MR) is 132 cm³/mol. The summed E-state index contributed by atoms with van der Waals surface area (Å²) in [7, 11) is 0. The van der Waals surface area contributed by atoms with Crippen LogP contribution in [0.4, 0.5) is 0 Å². The summed E-state index contributed by atoms with van der Waals surface area (Å²) in [5.74, 6) is 0.985. The Labute approximate surface area is 201 Å². The van der Waals surface area contributed by atoms with E-state index >= 15 is 0 Å². The molecule has 2 N–H and O–H groups in total. The zero-order valence-electron chi connectivity index (χ0n) is 19.8. The molecule has 0 atom stereocenters. The summed E-state index contributed by atoms with van der Waals surface area (Å²) in [6.45, 7) is 5.51. The van der Waals surface area contributed by atoms with Gasteiger partial charge in [-0.1, -0.05) is 43.7 Å². The van der Waals surface area contributed by atoms with Gasteiger partial charge in [-0.2, -0.15) is 0 Å². The highest BCUT2D eigenvalue weighted by Gasteiger charge is 2.26. The standard InChI is InChI=1S/C28H32N2O4/c1-3-8-24-27(31)26(28(32)34-22-13-15-29-16-14-22)19(2)25(30-24)18-20-9-7-12-23(17-20)33-21-10-5-4-6-11-21/h4-7,9-12,17,22,29,31H,3,8,13-16,18H2,1-2H3. The Balaban J connectivity index is 1.61. The maximum Gasteiger partial charge on any atom is 0.342 e. The molecule has 0 spiro atoms. The number of hydrogen-bond donors (Lipinski definition) is 2. The summed E-state index contributed by atoms with van der Waals surface area (Å²) in [6, 6.07) is 17.5. The van der Waals surface area contributed by atoms with Crippen LogP contribution >= 0.6 is 0 Å². The second-order valence-electron chi connectivity index (χ2n) is 8.70. The van der Waals surface area contributed by atoms with Gasteiger partial charge in [-0.05, 0) is 74.7 Å². The molecule has 1 aliphatic rings. The molecule has 0 bridgehead atoms. The third kappa shape index (κ3) is 5.75. The number of piperidine rings is 1. The van der Waals surface area contributed by atoms with E-state index in [0.29, 0.717) is 24.1 Å². The van der Waals surface area contributed by atoms with E-state index in [1.165, 1.54) is 0 Å². The Kier molecular flexibility index (Phi) is 7.80. The number of aromatic nitrogens is 1. The van der Waals surface area contributed by atoms with Gasteiger partial charge in [-0.3, -0.25) is 4.98 Å². The van der Waals surface area contributed by atoms with Gasteiger partial charge in [0.15, 0.2) is 5.75 Å². The average molecular weight is 461 g/mol. The first kappa shape index (κ1) is 23.8. The summed E-state index contributed by atoms with van der Waals surface area (Å²) in [4.78, 5) is 17.9. The Bertz CT molecular complexity index is 1120. The van der Waals surface area contributed by atoms with E-state index in [2.05, 4.69) is 5.32 Å². The van der Waals surface area contributed by atoms with Gasteiger partial charge in [0.25, 0.3) is 0 Å². The van der Waals surface area contributed by atoms with Crippen molar-refractivity contribution in [2.45, 2.75) is 52.1 Å². The number of benzene rings is 2. The molecule has 6 nitrogen and oxygen atoms in total. The molecular formula is C28H32N2O4. The number of aromatic hydroxyl groups is 1. The van der Waals surface area contributed by atoms with E-state index in [4.69, 9.17) is 14.5 Å². The molecule has 4 rings (SSSR count). The number of pyridine rings is 1. The van der Waals surface area contributed by atoms with E-state index in [0.717, 1.165) is 55.1 Å². The molecule has 2 aromatic carbocycles. The Hall–Kier alpha value is -3.38. The molecule has 1 aromatic heterocycles. The third-order valence-corrected chi connectivity index (χ3v) is 6.09. The molecular weight excluding hydrogens is 428 g/mol. The molecule has 1 saturated heterocycles. The van der Waals surface area contributed by atoms with Crippen molar-refractivity contribution in [2.75, 3.05) is 13.1 Å². The fourth-order valence-corrected chi connectivity index (χ4v) is 4.26. The Morgan fingerprint density at radius 3 is 2.53 bits per heavy atom. The number of aryl methyl sites for hydroxylation is 1. The number of hydrogen-bond acceptors (Lipinski definition) is 6. The van der Waals surface area contributed by atoms with Crippen molar-refractivity contribution in [3.8, 4) is 17.2 Å². The van der Waals surface area contributed by atoms with Crippen LogP contribution in [0.1, 0.15) is 59.1 Å². The molecule has 1 aliphatic heterocycles. The number of nitrogens with zero attached hydrogens (tertiary/aromatic N) is 1. The van der Waals surface area contributed by atoms with Gasteiger partial charge in [0, 0.05) is 12.1 Å². The second-order valence-corrected chi connectivity index (χ2v) is 8.70. The number of carbonyl (C=O) groups excluding carboxylic acids is 1. The monoisotopic (exact) mass is 460 g/mol. The van der Waals surface area contributed by atoms with Crippen molar-refractivity contribution in [2.24, 2.45) is 0 Å². The van der Waals surface area contributed by atoms with Gasteiger partial charge in [0.05, 0.1) is 5.69 Å². The van der Waals surface area contributed by atoms with Gasteiger partial charge >= 0.3 is 5.97 Å². The van der Waals surface area contributed by atoms with E-state index < -0.39 is 5.97 Å². The van der Waals surface area contributed by atoms with E-state index in [-0.39, 0.29) is 17.4 Å². The van der Waals surface area contributed by atoms with Crippen molar-refractivity contribution in [1.29, 1.82) is 0 Å². The molecule has 0 unspecified atom stereocenters. The van der Waals surface area contributed by atoms with Crippen LogP contribution in [0, 0.1) is 6.92 Å². The molecule has 178 valence electrons. The average Bonchev–Trinajstić information content (AvgIpc) is 2.84. The van der Waals surface area contributed by atoms with Gasteiger partial charge < -0.3 is 19.9 Å². The van der Waals surface area contributed by atoms with Crippen LogP contribution in [0.2, 0.25) is 0 Å². The normalized spacial score (nSPS) is 14.1. The van der Waals surface area contributed by atoms with Crippen LogP contribution in [0.25, 0.3) is 0 Å². The summed E-state index contributed by atoms with van der Waals surface area (Å²) in [6.07, 6.45) is 3.34. The van der Waals surface area contributed by atoms with Gasteiger partial charge in [-0.15, -0.1) is 0 Å². The van der Waals surface area contributed by atoms with Crippen molar-refractivity contribution >= 4 is 5.97 Å². The van der Waals surface area contributed by atoms with Crippen molar-refractivity contribution < 1.29 is 19.4 Å². The zero-order valence-corrected chi connectivity index (χ0v) is 19.8. The lowest BCUT2D eigenvalue weighted by Gasteiger charge is -2.24. The minimum atomic E-state index is -0.468. The molecule has 0 aliphatic carbocycles. The molecule has 0 amide bonds. The fraction of sp³-hybridized carbons (Fsp3) is 0.357. The van der Waals surface area contributed by atoms with Gasteiger partial charge in [0.2, 0.25) is 0 Å². The molecule has 3 aromatic rings. The van der Waals surface area contributed by atoms with E-state index in [1.54, 1.807) is 0 Å². The van der Waals surface area contributed by atoms with Gasteiger partial charge in [0.1, 0.15) is 23.2 Å². The maximum atomic E-state index is 13.1. The van der Waals surface area contributed by atoms with Crippen LogP contribution in [0.5, 0.6) is 17.2 Å². The summed E-state index contributed by atoms with van der Waals surface area (Å²) in [5.41, 5.74) is 3.21. The lowest BCUT2D eigenvalue weighted by atomic mass is 9.98. The highest BCUT2D eigenvalue weighted by molar-refractivity contribution is 5.94. The number of esters is 1. The molecule has 34 heavy (non-hydrogen) atoms. The molecule has 2 heterocycles. The SMILES string of the molecule is CCCc1nc(Cc2cccc(Oc3ccccc3)c2)c(C)c(C(=O)OC2CCNCC2)c1O. The number of carbonyl (C=O) groups is 1. The quantitative estimate of drug-likeness (QED) is 0.442. The zero-order chi connectivity index (χ0) is 23.9. The van der Waals surface area contributed by atoms with Crippen LogP contribution < -0.4 is 10.1 Å². The number of nitrogens with one attached hydrogen (secondary N) is 1. The van der Waals surface area contributed by atoms with E-state index in [1.807, 2.05) is 68.4 Å². The number of para-hydroxylation sites is 1. The highest BCUT2D eigenvalue weighted by atomic mass is 16.5. The summed E-state index contributed by atoms with van der Waals surface area (Å²) < 4.78 is 11.8.